The van der Waals surface area contributed by atoms with Crippen molar-refractivity contribution in [2.45, 2.75) is 50.7 Å². The molecule has 44 heavy (non-hydrogen) atoms. The normalized spacial score (nSPS) is 12.0. The van der Waals surface area contributed by atoms with Gasteiger partial charge in [0.25, 0.3) is 10.0 Å². The zero-order chi connectivity index (χ0) is 31.9. The first kappa shape index (κ1) is 32.3. The standard InChI is InChI=1S/C34H35F2N3O4S/c1-24(2)37-34(41)32(21-26-7-5-4-6-8-26)38(22-27-11-13-28(35)14-12-27)33(40)23-39(30-17-15-29(36)16-18-30)44(42,43)31-19-9-25(3)10-20-31/h4-20,24,32H,21-23H2,1-3H3,(H,37,41). The smallest absolute Gasteiger partial charge is 0.264 e. The van der Waals surface area contributed by atoms with E-state index in [0.29, 0.717) is 5.56 Å². The summed E-state index contributed by atoms with van der Waals surface area (Å²) in [5.41, 5.74) is 2.26. The average molecular weight is 620 g/mol. The van der Waals surface area contributed by atoms with E-state index >= 15 is 0 Å². The molecule has 1 N–H and O–H groups in total. The molecule has 2 amide bonds. The Labute approximate surface area is 257 Å². The number of nitrogens with one attached hydrogen (secondary N) is 1. The zero-order valence-electron chi connectivity index (χ0n) is 24.8. The Morgan fingerprint density at radius 3 is 1.91 bits per heavy atom. The van der Waals surface area contributed by atoms with Crippen molar-refractivity contribution in [1.82, 2.24) is 10.2 Å². The van der Waals surface area contributed by atoms with E-state index in [1.54, 1.807) is 26.0 Å². The van der Waals surface area contributed by atoms with Crippen molar-refractivity contribution in [1.29, 1.82) is 0 Å². The first-order valence-electron chi connectivity index (χ1n) is 14.2. The van der Waals surface area contributed by atoms with Crippen LogP contribution in [0.4, 0.5) is 14.5 Å². The molecule has 0 radical (unpaired) electrons. The van der Waals surface area contributed by atoms with Crippen LogP contribution in [0.3, 0.4) is 0 Å². The van der Waals surface area contributed by atoms with Crippen LogP contribution < -0.4 is 9.62 Å². The van der Waals surface area contributed by atoms with Crippen LogP contribution >= 0.6 is 0 Å². The molecule has 0 aliphatic carbocycles. The number of halogens is 2. The molecule has 0 aliphatic rings. The van der Waals surface area contributed by atoms with E-state index in [2.05, 4.69) is 5.32 Å². The van der Waals surface area contributed by atoms with Gasteiger partial charge in [-0.2, -0.15) is 0 Å². The maximum absolute atomic E-state index is 14.3. The minimum Gasteiger partial charge on any atom is -0.352 e. The molecule has 230 valence electrons. The van der Waals surface area contributed by atoms with Gasteiger partial charge in [-0.1, -0.05) is 60.2 Å². The number of nitrogens with zero attached hydrogens (tertiary/aromatic N) is 2. The average Bonchev–Trinajstić information content (AvgIpc) is 2.99. The third-order valence-electron chi connectivity index (χ3n) is 6.97. The lowest BCUT2D eigenvalue weighted by molar-refractivity contribution is -0.140. The van der Waals surface area contributed by atoms with E-state index < -0.39 is 46.1 Å². The molecule has 10 heteroatoms. The number of rotatable bonds is 12. The summed E-state index contributed by atoms with van der Waals surface area (Å²) in [6.45, 7) is 4.65. The van der Waals surface area contributed by atoms with Crippen LogP contribution in [0.2, 0.25) is 0 Å². The number of benzene rings is 4. The molecule has 4 rings (SSSR count). The van der Waals surface area contributed by atoms with Crippen molar-refractivity contribution in [3.63, 3.8) is 0 Å². The summed E-state index contributed by atoms with van der Waals surface area (Å²) in [6, 6.07) is 24.4. The molecule has 0 spiro atoms. The molecule has 0 heterocycles. The molecule has 0 fully saturated rings. The monoisotopic (exact) mass is 619 g/mol. The predicted octanol–water partition coefficient (Wildman–Crippen LogP) is 5.63. The SMILES string of the molecule is Cc1ccc(S(=O)(=O)N(CC(=O)N(Cc2ccc(F)cc2)C(Cc2ccccc2)C(=O)NC(C)C)c2ccc(F)cc2)cc1. The van der Waals surface area contributed by atoms with Crippen LogP contribution in [-0.4, -0.2) is 43.8 Å². The topological polar surface area (TPSA) is 86.8 Å². The fourth-order valence-electron chi connectivity index (χ4n) is 4.69. The summed E-state index contributed by atoms with van der Waals surface area (Å²) in [7, 11) is -4.30. The van der Waals surface area contributed by atoms with Gasteiger partial charge in [0.05, 0.1) is 10.6 Å². The Morgan fingerprint density at radius 2 is 1.34 bits per heavy atom. The van der Waals surface area contributed by atoms with Crippen LogP contribution in [0.5, 0.6) is 0 Å². The molecule has 0 bridgehead atoms. The van der Waals surface area contributed by atoms with Crippen molar-refractivity contribution in [3.05, 3.63) is 131 Å². The number of aryl methyl sites for hydroxylation is 1. The molecule has 0 aromatic heterocycles. The lowest BCUT2D eigenvalue weighted by Gasteiger charge is -2.34. The summed E-state index contributed by atoms with van der Waals surface area (Å²) < 4.78 is 56.5. The summed E-state index contributed by atoms with van der Waals surface area (Å²) in [6.07, 6.45) is 0.146. The van der Waals surface area contributed by atoms with E-state index in [-0.39, 0.29) is 29.6 Å². The van der Waals surface area contributed by atoms with Gasteiger partial charge >= 0.3 is 0 Å². The van der Waals surface area contributed by atoms with Gasteiger partial charge in [-0.15, -0.1) is 0 Å². The van der Waals surface area contributed by atoms with Crippen molar-refractivity contribution in [2.75, 3.05) is 10.8 Å². The molecule has 1 atom stereocenters. The van der Waals surface area contributed by atoms with Crippen molar-refractivity contribution in [2.24, 2.45) is 0 Å². The van der Waals surface area contributed by atoms with Gasteiger partial charge in [-0.3, -0.25) is 13.9 Å². The van der Waals surface area contributed by atoms with Crippen LogP contribution in [0.15, 0.2) is 108 Å². The Balaban J connectivity index is 1.79. The van der Waals surface area contributed by atoms with E-state index in [9.17, 15) is 26.8 Å². The molecule has 4 aromatic carbocycles. The zero-order valence-corrected chi connectivity index (χ0v) is 25.6. The number of sulfonamides is 1. The van der Waals surface area contributed by atoms with Gasteiger partial charge in [0.2, 0.25) is 11.8 Å². The quantitative estimate of drug-likeness (QED) is 0.223. The third-order valence-corrected chi connectivity index (χ3v) is 8.76. The molecular weight excluding hydrogens is 584 g/mol. The van der Waals surface area contributed by atoms with Crippen LogP contribution in [0, 0.1) is 18.6 Å². The Hall–Kier alpha value is -4.57. The van der Waals surface area contributed by atoms with E-state index in [4.69, 9.17) is 0 Å². The first-order valence-corrected chi connectivity index (χ1v) is 15.6. The number of carbonyl (C=O) groups excluding carboxylic acids is 2. The lowest BCUT2D eigenvalue weighted by Crippen LogP contribution is -2.54. The number of hydrogen-bond acceptors (Lipinski definition) is 4. The second kappa shape index (κ2) is 14.3. The van der Waals surface area contributed by atoms with Gasteiger partial charge in [0.15, 0.2) is 0 Å². The van der Waals surface area contributed by atoms with E-state index in [1.165, 1.54) is 53.4 Å². The van der Waals surface area contributed by atoms with Gasteiger partial charge < -0.3 is 10.2 Å². The highest BCUT2D eigenvalue weighted by Crippen LogP contribution is 2.26. The fraction of sp³-hybridized carbons (Fsp3) is 0.235. The predicted molar refractivity (Wildman–Crippen MR) is 166 cm³/mol. The fourth-order valence-corrected chi connectivity index (χ4v) is 6.11. The molecule has 0 aliphatic heterocycles. The molecule has 4 aromatic rings. The summed E-state index contributed by atoms with van der Waals surface area (Å²) >= 11 is 0. The van der Waals surface area contributed by atoms with Gasteiger partial charge in [0, 0.05) is 19.0 Å². The number of carbonyl (C=O) groups is 2. The largest absolute Gasteiger partial charge is 0.352 e. The molecule has 1 unspecified atom stereocenters. The second-order valence-corrected chi connectivity index (χ2v) is 12.7. The van der Waals surface area contributed by atoms with Crippen molar-refractivity contribution < 1.29 is 26.8 Å². The van der Waals surface area contributed by atoms with E-state index in [0.717, 1.165) is 27.6 Å². The second-order valence-electron chi connectivity index (χ2n) is 10.8. The van der Waals surface area contributed by atoms with Gasteiger partial charge in [-0.25, -0.2) is 17.2 Å². The van der Waals surface area contributed by atoms with Crippen molar-refractivity contribution in [3.8, 4) is 0 Å². The molecular formula is C34H35F2N3O4S. The Bertz CT molecular complexity index is 1660. The molecule has 7 nitrogen and oxygen atoms in total. The van der Waals surface area contributed by atoms with Crippen LogP contribution in [0.1, 0.15) is 30.5 Å². The minimum atomic E-state index is -4.30. The minimum absolute atomic E-state index is 0.0521. The maximum atomic E-state index is 14.3. The van der Waals surface area contributed by atoms with Crippen LogP contribution in [0.25, 0.3) is 0 Å². The van der Waals surface area contributed by atoms with Crippen molar-refractivity contribution >= 4 is 27.5 Å². The highest BCUT2D eigenvalue weighted by molar-refractivity contribution is 7.92. The van der Waals surface area contributed by atoms with Gasteiger partial charge in [0.1, 0.15) is 24.2 Å². The number of amides is 2. The van der Waals surface area contributed by atoms with E-state index in [1.807, 2.05) is 37.3 Å². The number of hydrogen-bond donors (Lipinski definition) is 1. The molecule has 0 saturated carbocycles. The summed E-state index contributed by atoms with van der Waals surface area (Å²) in [5.74, 6) is -2.13. The highest BCUT2D eigenvalue weighted by Gasteiger charge is 2.34. The lowest BCUT2D eigenvalue weighted by atomic mass is 10.0. The van der Waals surface area contributed by atoms with Crippen LogP contribution in [-0.2, 0) is 32.6 Å². The highest BCUT2D eigenvalue weighted by atomic mass is 32.2. The Kier molecular flexibility index (Phi) is 10.5. The number of anilines is 1. The first-order chi connectivity index (χ1) is 20.9. The Morgan fingerprint density at radius 1 is 0.773 bits per heavy atom. The molecule has 0 saturated heterocycles. The summed E-state index contributed by atoms with van der Waals surface area (Å²) in [5, 5.41) is 2.88. The summed E-state index contributed by atoms with van der Waals surface area (Å²) in [4.78, 5) is 29.2. The third kappa shape index (κ3) is 8.29. The van der Waals surface area contributed by atoms with Gasteiger partial charge in [-0.05, 0) is 80.4 Å². The maximum Gasteiger partial charge on any atom is 0.264 e.